The van der Waals surface area contributed by atoms with Gasteiger partial charge in [-0.25, -0.2) is 4.98 Å². The zero-order valence-electron chi connectivity index (χ0n) is 13.1. The molecule has 1 aromatic rings. The highest BCUT2D eigenvalue weighted by Crippen LogP contribution is 2.44. The molecule has 0 spiro atoms. The predicted molar refractivity (Wildman–Crippen MR) is 82.0 cm³/mol. The van der Waals surface area contributed by atoms with Crippen LogP contribution in [-0.2, 0) is 10.3 Å². The zero-order valence-corrected chi connectivity index (χ0v) is 13.9. The Hall–Kier alpha value is -1.11. The lowest BCUT2D eigenvalue weighted by molar-refractivity contribution is -0.186. The predicted octanol–water partition coefficient (Wildman–Crippen LogP) is 4.32. The van der Waals surface area contributed by atoms with Gasteiger partial charge in [0.15, 0.2) is 0 Å². The summed E-state index contributed by atoms with van der Waals surface area (Å²) in [7, 11) is 0. The Labute approximate surface area is 137 Å². The second-order valence-electron chi connectivity index (χ2n) is 6.82. The number of nitrogens with zero attached hydrogens (tertiary/aromatic N) is 1. The third kappa shape index (κ3) is 3.39. The second kappa shape index (κ2) is 6.07. The highest BCUT2D eigenvalue weighted by Gasteiger charge is 2.47. The number of halogens is 3. The average molecular weight is 346 g/mol. The average Bonchev–Trinajstić information content (AvgIpc) is 2.88. The van der Waals surface area contributed by atoms with Crippen molar-refractivity contribution in [3.8, 4) is 0 Å². The van der Waals surface area contributed by atoms with Crippen molar-refractivity contribution >= 4 is 17.2 Å². The van der Waals surface area contributed by atoms with Crippen molar-refractivity contribution in [3.05, 3.63) is 16.1 Å². The fourth-order valence-corrected chi connectivity index (χ4v) is 4.57. The van der Waals surface area contributed by atoms with Crippen molar-refractivity contribution in [2.75, 3.05) is 0 Å². The van der Waals surface area contributed by atoms with Crippen LogP contribution in [0.15, 0.2) is 5.38 Å². The van der Waals surface area contributed by atoms with Crippen molar-refractivity contribution in [3.63, 3.8) is 0 Å². The van der Waals surface area contributed by atoms with Crippen LogP contribution >= 0.6 is 11.3 Å². The number of hydrogen-bond donors (Lipinski definition) is 1. The molecule has 1 heterocycles. The highest BCUT2D eigenvalue weighted by atomic mass is 32.1. The number of carbonyl (C=O) groups excluding carboxylic acids is 1. The van der Waals surface area contributed by atoms with Gasteiger partial charge in [0.05, 0.1) is 11.5 Å². The van der Waals surface area contributed by atoms with Gasteiger partial charge in [0.1, 0.15) is 5.01 Å². The number of nitrogens with one attached hydrogen (secondary N) is 1. The summed E-state index contributed by atoms with van der Waals surface area (Å²) in [5.41, 5.74) is 0.474. The summed E-state index contributed by atoms with van der Waals surface area (Å²) < 4.78 is 38.8. The van der Waals surface area contributed by atoms with E-state index in [1.54, 1.807) is 0 Å². The standard InChI is InChI=1S/C16H21F3N2OS/c1-10-9-23-14(20-10)15(6-3-7-15)21-13(22)11-4-2-5-12(8-11)16(17,18)19/h9,11-12H,2-8H2,1H3,(H,21,22)/t11-,12-/m0/s1. The van der Waals surface area contributed by atoms with Crippen molar-refractivity contribution in [1.82, 2.24) is 10.3 Å². The van der Waals surface area contributed by atoms with Gasteiger partial charge in [-0.1, -0.05) is 6.42 Å². The normalized spacial score (nSPS) is 27.3. The first-order chi connectivity index (χ1) is 10.8. The number of aryl methyl sites for hydroxylation is 1. The molecule has 3 rings (SSSR count). The Morgan fingerprint density at radius 3 is 2.61 bits per heavy atom. The minimum Gasteiger partial charge on any atom is -0.344 e. The van der Waals surface area contributed by atoms with Crippen LogP contribution in [0.25, 0.3) is 0 Å². The lowest BCUT2D eigenvalue weighted by atomic mass is 9.75. The van der Waals surface area contributed by atoms with E-state index in [0.29, 0.717) is 12.8 Å². The van der Waals surface area contributed by atoms with Gasteiger partial charge >= 0.3 is 6.18 Å². The molecule has 7 heteroatoms. The number of rotatable bonds is 3. The molecule has 0 aromatic carbocycles. The zero-order chi connectivity index (χ0) is 16.7. The number of thiazole rings is 1. The molecule has 0 radical (unpaired) electrons. The smallest absolute Gasteiger partial charge is 0.344 e. The Morgan fingerprint density at radius 1 is 1.35 bits per heavy atom. The molecule has 0 unspecified atom stereocenters. The summed E-state index contributed by atoms with van der Waals surface area (Å²) in [5.74, 6) is -2.10. The van der Waals surface area contributed by atoms with Gasteiger partial charge in [-0.2, -0.15) is 13.2 Å². The minimum atomic E-state index is -4.19. The van der Waals surface area contributed by atoms with Crippen LogP contribution in [0.1, 0.15) is 55.6 Å². The van der Waals surface area contributed by atoms with E-state index in [1.807, 2.05) is 12.3 Å². The Morgan fingerprint density at radius 2 is 2.09 bits per heavy atom. The van der Waals surface area contributed by atoms with E-state index in [1.165, 1.54) is 11.3 Å². The minimum absolute atomic E-state index is 0.0810. The molecule has 23 heavy (non-hydrogen) atoms. The fourth-order valence-electron chi connectivity index (χ4n) is 3.56. The molecule has 3 nitrogen and oxygen atoms in total. The van der Waals surface area contributed by atoms with Crippen molar-refractivity contribution < 1.29 is 18.0 Å². The van der Waals surface area contributed by atoms with Crippen LogP contribution in [0.3, 0.4) is 0 Å². The largest absolute Gasteiger partial charge is 0.391 e. The molecule has 0 bridgehead atoms. The Kier molecular flexibility index (Phi) is 4.42. The topological polar surface area (TPSA) is 42.0 Å². The molecule has 2 saturated carbocycles. The van der Waals surface area contributed by atoms with E-state index in [-0.39, 0.29) is 18.7 Å². The lowest BCUT2D eigenvalue weighted by Gasteiger charge is -2.42. The van der Waals surface area contributed by atoms with Gasteiger partial charge in [0.25, 0.3) is 0 Å². The van der Waals surface area contributed by atoms with Crippen molar-refractivity contribution in [2.24, 2.45) is 11.8 Å². The van der Waals surface area contributed by atoms with Gasteiger partial charge in [-0.05, 0) is 45.4 Å². The quantitative estimate of drug-likeness (QED) is 0.886. The van der Waals surface area contributed by atoms with Crippen LogP contribution in [0, 0.1) is 18.8 Å². The number of hydrogen-bond acceptors (Lipinski definition) is 3. The first-order valence-electron chi connectivity index (χ1n) is 8.11. The van der Waals surface area contributed by atoms with Gasteiger partial charge in [0, 0.05) is 17.0 Å². The molecule has 1 N–H and O–H groups in total. The van der Waals surface area contributed by atoms with E-state index in [0.717, 1.165) is 30.0 Å². The number of alkyl halides is 3. The summed E-state index contributed by atoms with van der Waals surface area (Å²) in [4.78, 5) is 17.0. The third-order valence-electron chi connectivity index (χ3n) is 5.11. The van der Waals surface area contributed by atoms with Crippen LogP contribution in [0.4, 0.5) is 13.2 Å². The third-order valence-corrected chi connectivity index (χ3v) is 6.27. The molecule has 1 aromatic heterocycles. The first kappa shape index (κ1) is 16.7. The van der Waals surface area contributed by atoms with Gasteiger partial charge in [-0.3, -0.25) is 4.79 Å². The van der Waals surface area contributed by atoms with E-state index in [2.05, 4.69) is 10.3 Å². The molecular weight excluding hydrogens is 325 g/mol. The van der Waals surface area contributed by atoms with Crippen molar-refractivity contribution in [2.45, 2.75) is 63.6 Å². The highest BCUT2D eigenvalue weighted by molar-refractivity contribution is 7.09. The maximum Gasteiger partial charge on any atom is 0.391 e. The van der Waals surface area contributed by atoms with Crippen LogP contribution < -0.4 is 5.32 Å². The van der Waals surface area contributed by atoms with E-state index in [4.69, 9.17) is 0 Å². The first-order valence-corrected chi connectivity index (χ1v) is 8.99. The molecule has 2 fully saturated rings. The Bertz CT molecular complexity index is 580. The lowest BCUT2D eigenvalue weighted by Crippen LogP contribution is -2.53. The molecule has 0 saturated heterocycles. The number of carbonyl (C=O) groups is 1. The fraction of sp³-hybridized carbons (Fsp3) is 0.750. The molecule has 2 aliphatic carbocycles. The summed E-state index contributed by atoms with van der Waals surface area (Å²) in [6.45, 7) is 1.91. The molecular formula is C16H21F3N2OS. The summed E-state index contributed by atoms with van der Waals surface area (Å²) >= 11 is 1.52. The summed E-state index contributed by atoms with van der Waals surface area (Å²) in [6.07, 6.45) is -0.472. The SMILES string of the molecule is Cc1csc(C2(NC(=O)[C@H]3CCC[C@H](C(F)(F)F)C3)CCC2)n1. The molecule has 1 amide bonds. The molecule has 128 valence electrons. The van der Waals surface area contributed by atoms with Crippen LogP contribution in [0.2, 0.25) is 0 Å². The number of aromatic nitrogens is 1. The molecule has 2 aliphatic rings. The van der Waals surface area contributed by atoms with E-state index >= 15 is 0 Å². The summed E-state index contributed by atoms with van der Waals surface area (Å²) in [6, 6.07) is 0. The van der Waals surface area contributed by atoms with E-state index < -0.39 is 23.6 Å². The van der Waals surface area contributed by atoms with Crippen molar-refractivity contribution in [1.29, 1.82) is 0 Å². The van der Waals surface area contributed by atoms with Crippen LogP contribution in [0.5, 0.6) is 0 Å². The van der Waals surface area contributed by atoms with Crippen LogP contribution in [-0.4, -0.2) is 17.1 Å². The molecule has 0 aliphatic heterocycles. The maximum atomic E-state index is 12.9. The van der Waals surface area contributed by atoms with Gasteiger partial charge in [-0.15, -0.1) is 11.3 Å². The van der Waals surface area contributed by atoms with E-state index in [9.17, 15) is 18.0 Å². The van der Waals surface area contributed by atoms with Gasteiger partial charge < -0.3 is 5.32 Å². The summed E-state index contributed by atoms with van der Waals surface area (Å²) in [5, 5.41) is 5.88. The number of amides is 1. The molecule has 2 atom stereocenters. The van der Waals surface area contributed by atoms with Gasteiger partial charge in [0.2, 0.25) is 5.91 Å². The monoisotopic (exact) mass is 346 g/mol. The maximum absolute atomic E-state index is 12.9. The Balaban J connectivity index is 1.68. The second-order valence-corrected chi connectivity index (χ2v) is 7.68.